The molecule has 2 amide bonds. The molecule has 2 N–H and O–H groups in total. The average molecular weight is 522 g/mol. The van der Waals surface area contributed by atoms with Crippen molar-refractivity contribution in [2.45, 2.75) is 50.6 Å². The van der Waals surface area contributed by atoms with Crippen LogP contribution in [0.25, 0.3) is 0 Å². The topological polar surface area (TPSA) is 95.6 Å². The summed E-state index contributed by atoms with van der Waals surface area (Å²) < 4.78 is 26.8. The molecule has 1 atom stereocenters. The second-order valence-corrected chi connectivity index (χ2v) is 10.6. The number of nitrogens with zero attached hydrogens (tertiary/aromatic N) is 1. The first-order valence-corrected chi connectivity index (χ1v) is 14.0. The number of rotatable bonds is 13. The number of benzene rings is 3. The highest BCUT2D eigenvalue weighted by molar-refractivity contribution is 7.89. The second-order valence-electron chi connectivity index (χ2n) is 8.86. The molecule has 0 saturated heterocycles. The zero-order valence-corrected chi connectivity index (χ0v) is 22.2. The lowest BCUT2D eigenvalue weighted by Gasteiger charge is -2.29. The summed E-state index contributed by atoms with van der Waals surface area (Å²) in [5.74, 6) is -0.336. The number of sulfonamides is 1. The Morgan fingerprint density at radius 3 is 1.97 bits per heavy atom. The summed E-state index contributed by atoms with van der Waals surface area (Å²) in [7, 11) is -3.52. The Morgan fingerprint density at radius 1 is 0.811 bits per heavy atom. The summed E-state index contributed by atoms with van der Waals surface area (Å²) >= 11 is 0. The van der Waals surface area contributed by atoms with E-state index in [0.29, 0.717) is 32.5 Å². The number of hydrogen-bond donors (Lipinski definition) is 2. The molecule has 7 nitrogen and oxygen atoms in total. The fraction of sp³-hybridized carbons (Fsp3) is 0.310. The van der Waals surface area contributed by atoms with Crippen LogP contribution in [0.2, 0.25) is 0 Å². The molecule has 0 aliphatic rings. The Kier molecular flexibility index (Phi) is 10.4. The van der Waals surface area contributed by atoms with Gasteiger partial charge in [0.2, 0.25) is 21.8 Å². The molecule has 0 fully saturated rings. The van der Waals surface area contributed by atoms with Crippen LogP contribution in [-0.4, -0.2) is 44.3 Å². The van der Waals surface area contributed by atoms with Crippen LogP contribution in [0.5, 0.6) is 0 Å². The molecular formula is C29H35N3O4S. The van der Waals surface area contributed by atoms with Crippen molar-refractivity contribution in [2.75, 3.05) is 13.1 Å². The van der Waals surface area contributed by atoms with E-state index in [1.165, 1.54) is 0 Å². The van der Waals surface area contributed by atoms with Crippen molar-refractivity contribution in [1.29, 1.82) is 0 Å². The van der Waals surface area contributed by atoms with Crippen LogP contribution in [0, 0.1) is 0 Å². The quantitative estimate of drug-likeness (QED) is 0.359. The second kappa shape index (κ2) is 13.7. The standard InChI is InChI=1S/C29H35N3O4S/c1-3-31-37(35,36)27-17-14-25(15-18-27)16-19-28(33)32(22-26-12-8-5-9-13-26)23(2)29(34)30-21-20-24-10-6-4-7-11-24/h4-15,17-18,23,31H,3,16,19-22H2,1-2H3,(H,30,34)/t23-/m1/s1. The third-order valence-corrected chi connectivity index (χ3v) is 7.68. The smallest absolute Gasteiger partial charge is 0.242 e. The molecule has 0 aliphatic heterocycles. The van der Waals surface area contributed by atoms with Gasteiger partial charge in [-0.1, -0.05) is 79.7 Å². The maximum Gasteiger partial charge on any atom is 0.242 e. The van der Waals surface area contributed by atoms with Gasteiger partial charge in [0.05, 0.1) is 4.90 Å². The van der Waals surface area contributed by atoms with E-state index in [-0.39, 0.29) is 23.1 Å². The van der Waals surface area contributed by atoms with Crippen LogP contribution in [-0.2, 0) is 39.0 Å². The lowest BCUT2D eigenvalue weighted by atomic mass is 10.1. The van der Waals surface area contributed by atoms with Gasteiger partial charge in [-0.05, 0) is 48.6 Å². The molecule has 0 aliphatic carbocycles. The van der Waals surface area contributed by atoms with Gasteiger partial charge in [0.15, 0.2) is 0 Å². The third kappa shape index (κ3) is 8.55. The summed E-state index contributed by atoms with van der Waals surface area (Å²) in [5.41, 5.74) is 2.93. The molecule has 3 aromatic rings. The molecule has 0 saturated carbocycles. The SMILES string of the molecule is CCNS(=O)(=O)c1ccc(CCC(=O)N(Cc2ccccc2)[C@H](C)C(=O)NCCc2ccccc2)cc1. The first-order valence-electron chi connectivity index (χ1n) is 12.5. The molecule has 3 rings (SSSR count). The predicted molar refractivity (Wildman–Crippen MR) is 145 cm³/mol. The van der Waals surface area contributed by atoms with E-state index < -0.39 is 16.1 Å². The van der Waals surface area contributed by atoms with Crippen molar-refractivity contribution in [3.8, 4) is 0 Å². The van der Waals surface area contributed by atoms with E-state index in [2.05, 4.69) is 10.0 Å². The zero-order valence-electron chi connectivity index (χ0n) is 21.4. The van der Waals surface area contributed by atoms with Crippen LogP contribution >= 0.6 is 0 Å². The minimum atomic E-state index is -3.52. The fourth-order valence-corrected chi connectivity index (χ4v) is 5.03. The number of aryl methyl sites for hydroxylation is 1. The van der Waals surface area contributed by atoms with Crippen LogP contribution < -0.4 is 10.0 Å². The van der Waals surface area contributed by atoms with E-state index in [4.69, 9.17) is 0 Å². The summed E-state index contributed by atoms with van der Waals surface area (Å²) in [6, 6.07) is 25.4. The van der Waals surface area contributed by atoms with Gasteiger partial charge < -0.3 is 10.2 Å². The van der Waals surface area contributed by atoms with Gasteiger partial charge in [-0.2, -0.15) is 0 Å². The molecule has 0 spiro atoms. The van der Waals surface area contributed by atoms with Gasteiger partial charge in [0.25, 0.3) is 0 Å². The lowest BCUT2D eigenvalue weighted by molar-refractivity contribution is -0.140. The molecule has 3 aromatic carbocycles. The maximum atomic E-state index is 13.3. The van der Waals surface area contributed by atoms with Gasteiger partial charge in [0.1, 0.15) is 6.04 Å². The van der Waals surface area contributed by atoms with Crippen LogP contribution in [0.4, 0.5) is 0 Å². The van der Waals surface area contributed by atoms with Crippen LogP contribution in [0.15, 0.2) is 89.8 Å². The van der Waals surface area contributed by atoms with Crippen LogP contribution in [0.1, 0.15) is 37.0 Å². The highest BCUT2D eigenvalue weighted by Crippen LogP contribution is 2.15. The first-order chi connectivity index (χ1) is 17.8. The maximum absolute atomic E-state index is 13.3. The van der Waals surface area contributed by atoms with E-state index >= 15 is 0 Å². The molecule has 0 aromatic heterocycles. The van der Waals surface area contributed by atoms with Crippen molar-refractivity contribution in [1.82, 2.24) is 14.9 Å². The molecule has 8 heteroatoms. The Morgan fingerprint density at radius 2 is 1.38 bits per heavy atom. The monoisotopic (exact) mass is 521 g/mol. The Hall–Kier alpha value is -3.49. The fourth-order valence-electron chi connectivity index (χ4n) is 3.99. The van der Waals surface area contributed by atoms with Gasteiger partial charge in [-0.15, -0.1) is 0 Å². The van der Waals surface area contributed by atoms with Crippen molar-refractivity contribution in [2.24, 2.45) is 0 Å². The number of carbonyl (C=O) groups excluding carboxylic acids is 2. The molecule has 0 unspecified atom stereocenters. The molecule has 0 heterocycles. The zero-order chi connectivity index (χ0) is 26.7. The molecular weight excluding hydrogens is 486 g/mol. The normalized spacial score (nSPS) is 12.1. The van der Waals surface area contributed by atoms with Gasteiger partial charge in [-0.25, -0.2) is 13.1 Å². The van der Waals surface area contributed by atoms with Crippen molar-refractivity contribution in [3.05, 3.63) is 102 Å². The van der Waals surface area contributed by atoms with E-state index in [1.807, 2.05) is 60.7 Å². The third-order valence-electron chi connectivity index (χ3n) is 6.11. The van der Waals surface area contributed by atoms with E-state index in [9.17, 15) is 18.0 Å². The number of carbonyl (C=O) groups is 2. The van der Waals surface area contributed by atoms with Crippen molar-refractivity contribution in [3.63, 3.8) is 0 Å². The predicted octanol–water partition coefficient (Wildman–Crippen LogP) is 3.69. The summed E-state index contributed by atoms with van der Waals surface area (Å²) in [5, 5.41) is 2.96. The minimum Gasteiger partial charge on any atom is -0.354 e. The van der Waals surface area contributed by atoms with Gasteiger partial charge in [0, 0.05) is 26.1 Å². The first kappa shape index (κ1) is 28.1. The molecule has 37 heavy (non-hydrogen) atoms. The highest BCUT2D eigenvalue weighted by Gasteiger charge is 2.25. The number of nitrogens with one attached hydrogen (secondary N) is 2. The molecule has 0 radical (unpaired) electrons. The van der Waals surface area contributed by atoms with Gasteiger partial charge >= 0.3 is 0 Å². The molecule has 0 bridgehead atoms. The Bertz CT molecular complexity index is 1250. The number of hydrogen-bond acceptors (Lipinski definition) is 4. The molecule has 196 valence electrons. The summed E-state index contributed by atoms with van der Waals surface area (Å²) in [4.78, 5) is 28.1. The van der Waals surface area contributed by atoms with Crippen LogP contribution in [0.3, 0.4) is 0 Å². The summed E-state index contributed by atoms with van der Waals surface area (Å²) in [6.07, 6.45) is 1.35. The van der Waals surface area contributed by atoms with E-state index in [1.54, 1.807) is 43.0 Å². The number of amides is 2. The van der Waals surface area contributed by atoms with E-state index in [0.717, 1.165) is 16.7 Å². The average Bonchev–Trinajstić information content (AvgIpc) is 2.91. The Balaban J connectivity index is 1.64. The van der Waals surface area contributed by atoms with Gasteiger partial charge in [-0.3, -0.25) is 9.59 Å². The van der Waals surface area contributed by atoms with Crippen molar-refractivity contribution < 1.29 is 18.0 Å². The lowest BCUT2D eigenvalue weighted by Crippen LogP contribution is -2.48. The minimum absolute atomic E-state index is 0.140. The van der Waals surface area contributed by atoms with Crippen molar-refractivity contribution >= 4 is 21.8 Å². The summed E-state index contributed by atoms with van der Waals surface area (Å²) in [6.45, 7) is 4.60. The largest absolute Gasteiger partial charge is 0.354 e. The Labute approximate surface area is 220 Å². The highest BCUT2D eigenvalue weighted by atomic mass is 32.2.